The van der Waals surface area contributed by atoms with Crippen molar-refractivity contribution in [3.63, 3.8) is 0 Å². The smallest absolute Gasteiger partial charge is 0.142 e. The molecule has 0 amide bonds. The van der Waals surface area contributed by atoms with Gasteiger partial charge in [0.15, 0.2) is 0 Å². The zero-order valence-electron chi connectivity index (χ0n) is 5.37. The van der Waals surface area contributed by atoms with E-state index in [-0.39, 0.29) is 5.82 Å². The van der Waals surface area contributed by atoms with Crippen molar-refractivity contribution in [1.82, 2.24) is 0 Å². The highest BCUT2D eigenvalue weighted by Crippen LogP contribution is 2.27. The average molecular weight is 347 g/mol. The Hall–Kier alpha value is 0.590. The van der Waals surface area contributed by atoms with E-state index in [2.05, 4.69) is 47.8 Å². The molecule has 0 atom stereocenters. The lowest BCUT2D eigenvalue weighted by molar-refractivity contribution is 0.609. The second kappa shape index (κ2) is 4.01. The summed E-state index contributed by atoms with van der Waals surface area (Å²) in [6, 6.07) is 3.48. The molecule has 0 unspecified atom stereocenters. The quantitative estimate of drug-likeness (QED) is 0.527. The first-order valence-electron chi connectivity index (χ1n) is 2.85. The van der Waals surface area contributed by atoms with Crippen molar-refractivity contribution in [3.05, 3.63) is 32.5 Å². The number of hydrogen-bond acceptors (Lipinski definition) is 0. The van der Waals surface area contributed by atoms with Gasteiger partial charge in [-0.1, -0.05) is 31.9 Å². The van der Waals surface area contributed by atoms with Gasteiger partial charge in [-0.15, -0.1) is 0 Å². The lowest BCUT2D eigenvalue weighted by Crippen LogP contribution is -1.88. The first-order valence-corrected chi connectivity index (χ1v) is 5.56. The summed E-state index contributed by atoms with van der Waals surface area (Å²) >= 11 is 9.56. The molecule has 0 aromatic heterocycles. The van der Waals surface area contributed by atoms with Crippen molar-refractivity contribution in [2.45, 2.75) is 5.33 Å². The molecule has 0 N–H and O–H groups in total. The Kier molecular flexibility index (Phi) is 3.52. The number of hydrogen-bond donors (Lipinski definition) is 0. The first kappa shape index (κ1) is 9.68. The van der Waals surface area contributed by atoms with E-state index >= 15 is 0 Å². The third kappa shape index (κ3) is 2.04. The molecule has 1 rings (SSSR count). The molecule has 1 aromatic rings. The number of alkyl halides is 1. The summed E-state index contributed by atoms with van der Waals surface area (Å²) in [4.78, 5) is 0. The van der Waals surface area contributed by atoms with Gasteiger partial charge in [0.25, 0.3) is 0 Å². The second-order valence-electron chi connectivity index (χ2n) is 1.96. The molecule has 0 saturated heterocycles. The molecule has 60 valence electrons. The molecule has 0 spiro atoms. The minimum Gasteiger partial charge on any atom is -0.205 e. The molecule has 0 nitrogen and oxygen atoms in total. The van der Waals surface area contributed by atoms with E-state index in [1.807, 2.05) is 6.07 Å². The molecule has 0 radical (unpaired) electrons. The maximum Gasteiger partial charge on any atom is 0.142 e. The molecule has 0 saturated carbocycles. The molecule has 11 heavy (non-hydrogen) atoms. The topological polar surface area (TPSA) is 0 Å². The number of rotatable bonds is 1. The van der Waals surface area contributed by atoms with E-state index in [0.29, 0.717) is 15.4 Å². The van der Waals surface area contributed by atoms with Crippen LogP contribution >= 0.6 is 47.8 Å². The van der Waals surface area contributed by atoms with Crippen LogP contribution < -0.4 is 0 Å². The minimum absolute atomic E-state index is 0.212. The highest BCUT2D eigenvalue weighted by Gasteiger charge is 2.08. The summed E-state index contributed by atoms with van der Waals surface area (Å²) in [6.07, 6.45) is 0. The minimum atomic E-state index is -0.212. The molecule has 0 aliphatic carbocycles. The Morgan fingerprint density at radius 3 is 2.18 bits per heavy atom. The normalized spacial score (nSPS) is 10.2. The summed E-state index contributed by atoms with van der Waals surface area (Å²) in [6.45, 7) is 0. The summed E-state index contributed by atoms with van der Waals surface area (Å²) in [7, 11) is 0. The third-order valence-corrected chi connectivity index (χ3v) is 3.19. The Bertz CT molecular complexity index is 273. The Labute approximate surface area is 89.6 Å². The molecule has 0 fully saturated rings. The highest BCUT2D eigenvalue weighted by atomic mass is 79.9. The summed E-state index contributed by atoms with van der Waals surface area (Å²) in [5, 5.41) is 0.513. The molecular formula is C7H4Br3F. The summed E-state index contributed by atoms with van der Waals surface area (Å²) < 4.78 is 14.4. The van der Waals surface area contributed by atoms with Gasteiger partial charge in [0, 0.05) is 15.4 Å². The van der Waals surface area contributed by atoms with Crippen molar-refractivity contribution in [1.29, 1.82) is 0 Å². The van der Waals surface area contributed by atoms with Crippen LogP contribution in [-0.4, -0.2) is 0 Å². The maximum absolute atomic E-state index is 13.2. The fourth-order valence-corrected chi connectivity index (χ4v) is 2.43. The fraction of sp³-hybridized carbons (Fsp3) is 0.143. The zero-order chi connectivity index (χ0) is 8.43. The van der Waals surface area contributed by atoms with Crippen LogP contribution in [0.3, 0.4) is 0 Å². The van der Waals surface area contributed by atoms with Crippen molar-refractivity contribution in [2.24, 2.45) is 0 Å². The Balaban J connectivity index is 3.29. The maximum atomic E-state index is 13.2. The van der Waals surface area contributed by atoms with Gasteiger partial charge in [0.2, 0.25) is 0 Å². The Morgan fingerprint density at radius 2 is 1.73 bits per heavy atom. The molecular weight excluding hydrogens is 343 g/mol. The van der Waals surface area contributed by atoms with Gasteiger partial charge in [0.05, 0.1) is 4.47 Å². The lowest BCUT2D eigenvalue weighted by Gasteiger charge is -2.02. The molecule has 4 heteroatoms. The van der Waals surface area contributed by atoms with E-state index < -0.39 is 0 Å². The first-order chi connectivity index (χ1) is 5.16. The standard InChI is InChI=1S/C7H4Br3F/c8-3-4-5(9)1-2-6(10)7(4)11/h1-2H,3H2. The van der Waals surface area contributed by atoms with E-state index in [4.69, 9.17) is 0 Å². The second-order valence-corrected chi connectivity index (χ2v) is 4.22. The van der Waals surface area contributed by atoms with Crippen LogP contribution in [0.25, 0.3) is 0 Å². The van der Waals surface area contributed by atoms with Crippen LogP contribution in [0.5, 0.6) is 0 Å². The van der Waals surface area contributed by atoms with Crippen LogP contribution in [0.15, 0.2) is 21.1 Å². The van der Waals surface area contributed by atoms with Gasteiger partial charge in [0.1, 0.15) is 5.82 Å². The van der Waals surface area contributed by atoms with Gasteiger partial charge in [-0.05, 0) is 28.1 Å². The highest BCUT2D eigenvalue weighted by molar-refractivity contribution is 9.11. The zero-order valence-corrected chi connectivity index (χ0v) is 10.1. The van der Waals surface area contributed by atoms with E-state index in [9.17, 15) is 4.39 Å². The average Bonchev–Trinajstić information content (AvgIpc) is 1.99. The number of halogens is 4. The molecule has 1 aromatic carbocycles. The lowest BCUT2D eigenvalue weighted by atomic mass is 10.2. The van der Waals surface area contributed by atoms with Gasteiger partial charge in [-0.2, -0.15) is 0 Å². The van der Waals surface area contributed by atoms with Crippen molar-refractivity contribution >= 4 is 47.8 Å². The number of benzene rings is 1. The predicted molar refractivity (Wildman–Crippen MR) is 54.4 cm³/mol. The van der Waals surface area contributed by atoms with Gasteiger partial charge < -0.3 is 0 Å². The van der Waals surface area contributed by atoms with Gasteiger partial charge >= 0.3 is 0 Å². The van der Waals surface area contributed by atoms with Crippen LogP contribution in [0.1, 0.15) is 5.56 Å². The molecule has 0 bridgehead atoms. The van der Waals surface area contributed by atoms with Crippen molar-refractivity contribution in [3.8, 4) is 0 Å². The van der Waals surface area contributed by atoms with Crippen molar-refractivity contribution in [2.75, 3.05) is 0 Å². The predicted octanol–water partition coefficient (Wildman–Crippen LogP) is 4.25. The Morgan fingerprint density at radius 1 is 1.18 bits per heavy atom. The van der Waals surface area contributed by atoms with Crippen LogP contribution in [0, 0.1) is 5.82 Å². The molecule has 0 aliphatic heterocycles. The largest absolute Gasteiger partial charge is 0.205 e. The monoisotopic (exact) mass is 344 g/mol. The van der Waals surface area contributed by atoms with Crippen molar-refractivity contribution < 1.29 is 4.39 Å². The van der Waals surface area contributed by atoms with E-state index in [1.54, 1.807) is 6.07 Å². The molecule has 0 heterocycles. The van der Waals surface area contributed by atoms with Gasteiger partial charge in [-0.3, -0.25) is 0 Å². The summed E-state index contributed by atoms with van der Waals surface area (Å²) in [5.74, 6) is -0.212. The van der Waals surface area contributed by atoms with Crippen LogP contribution in [0.4, 0.5) is 4.39 Å². The fourth-order valence-electron chi connectivity index (χ4n) is 0.692. The van der Waals surface area contributed by atoms with E-state index in [1.165, 1.54) is 0 Å². The van der Waals surface area contributed by atoms with E-state index in [0.717, 1.165) is 4.47 Å². The SMILES string of the molecule is Fc1c(Br)ccc(Br)c1CBr. The van der Waals surface area contributed by atoms with Crippen LogP contribution in [0.2, 0.25) is 0 Å². The third-order valence-electron chi connectivity index (χ3n) is 1.27. The molecule has 0 aliphatic rings. The summed E-state index contributed by atoms with van der Waals surface area (Å²) in [5.41, 5.74) is 0.638. The van der Waals surface area contributed by atoms with Crippen LogP contribution in [-0.2, 0) is 5.33 Å². The van der Waals surface area contributed by atoms with Gasteiger partial charge in [-0.25, -0.2) is 4.39 Å².